The van der Waals surface area contributed by atoms with Crippen molar-refractivity contribution < 1.29 is 14.0 Å². The molecule has 1 N–H and O–H groups in total. The average molecular weight is 209 g/mol. The molecule has 0 saturated carbocycles. The van der Waals surface area contributed by atoms with Gasteiger partial charge < -0.3 is 5.32 Å². The highest BCUT2D eigenvalue weighted by molar-refractivity contribution is 5.97. The quantitative estimate of drug-likeness (QED) is 0.777. The van der Waals surface area contributed by atoms with Gasteiger partial charge in [0.15, 0.2) is 5.78 Å². The Bertz CT molecular complexity index is 402. The lowest BCUT2D eigenvalue weighted by molar-refractivity contribution is -0.114. The SMILES string of the molecule is CCC(=O)c1ccc(NC(C)=O)cc1F. The van der Waals surface area contributed by atoms with Crippen LogP contribution in [0.3, 0.4) is 0 Å². The van der Waals surface area contributed by atoms with Gasteiger partial charge in [-0.1, -0.05) is 6.92 Å². The summed E-state index contributed by atoms with van der Waals surface area (Å²) in [7, 11) is 0. The van der Waals surface area contributed by atoms with Gasteiger partial charge in [0.25, 0.3) is 0 Å². The van der Waals surface area contributed by atoms with E-state index in [2.05, 4.69) is 5.32 Å². The first-order chi connectivity index (χ1) is 7.04. The smallest absolute Gasteiger partial charge is 0.221 e. The standard InChI is InChI=1S/C11H12FNO2/c1-3-11(15)9-5-4-8(6-10(9)12)13-7(2)14/h4-6H,3H2,1-2H3,(H,13,14). The highest BCUT2D eigenvalue weighted by Crippen LogP contribution is 2.15. The number of halogens is 1. The summed E-state index contributed by atoms with van der Waals surface area (Å²) in [6, 6.07) is 4.03. The third-order valence-electron chi connectivity index (χ3n) is 1.91. The first-order valence-electron chi connectivity index (χ1n) is 4.65. The highest BCUT2D eigenvalue weighted by Gasteiger charge is 2.10. The Labute approximate surface area is 87.3 Å². The van der Waals surface area contributed by atoms with Gasteiger partial charge in [0.05, 0.1) is 5.56 Å². The van der Waals surface area contributed by atoms with Crippen molar-refractivity contribution in [3.05, 3.63) is 29.6 Å². The summed E-state index contributed by atoms with van der Waals surface area (Å²) >= 11 is 0. The average Bonchev–Trinajstić information content (AvgIpc) is 2.16. The molecule has 0 aromatic heterocycles. The van der Waals surface area contributed by atoms with Crippen molar-refractivity contribution in [2.24, 2.45) is 0 Å². The number of carbonyl (C=O) groups excluding carboxylic acids is 2. The number of rotatable bonds is 3. The van der Waals surface area contributed by atoms with Gasteiger partial charge in [0.1, 0.15) is 5.82 Å². The van der Waals surface area contributed by atoms with Crippen LogP contribution in [0.25, 0.3) is 0 Å². The predicted octanol–water partition coefficient (Wildman–Crippen LogP) is 2.38. The molecule has 1 amide bonds. The largest absolute Gasteiger partial charge is 0.326 e. The van der Waals surface area contributed by atoms with Gasteiger partial charge in [-0.2, -0.15) is 0 Å². The van der Waals surface area contributed by atoms with Gasteiger partial charge in [-0.15, -0.1) is 0 Å². The van der Waals surface area contributed by atoms with Gasteiger partial charge in [0.2, 0.25) is 5.91 Å². The maximum absolute atomic E-state index is 13.4. The van der Waals surface area contributed by atoms with Gasteiger partial charge in [-0.3, -0.25) is 9.59 Å². The Balaban J connectivity index is 2.97. The van der Waals surface area contributed by atoms with Gasteiger partial charge in [-0.05, 0) is 18.2 Å². The molecule has 0 aliphatic carbocycles. The molecular weight excluding hydrogens is 197 g/mol. The fourth-order valence-electron chi connectivity index (χ4n) is 1.21. The Kier molecular flexibility index (Phi) is 3.55. The first kappa shape index (κ1) is 11.4. The Hall–Kier alpha value is -1.71. The van der Waals surface area contributed by atoms with Crippen molar-refractivity contribution in [1.29, 1.82) is 0 Å². The number of benzene rings is 1. The molecule has 15 heavy (non-hydrogen) atoms. The van der Waals surface area contributed by atoms with E-state index in [1.807, 2.05) is 0 Å². The minimum Gasteiger partial charge on any atom is -0.326 e. The van der Waals surface area contributed by atoms with Crippen LogP contribution in [0, 0.1) is 5.82 Å². The van der Waals surface area contributed by atoms with Crippen LogP contribution >= 0.6 is 0 Å². The zero-order valence-electron chi connectivity index (χ0n) is 8.63. The van der Waals surface area contributed by atoms with Crippen LogP contribution in [0.4, 0.5) is 10.1 Å². The van der Waals surface area contributed by atoms with Crippen LogP contribution in [-0.4, -0.2) is 11.7 Å². The fraction of sp³-hybridized carbons (Fsp3) is 0.273. The van der Waals surface area contributed by atoms with Crippen LogP contribution < -0.4 is 5.32 Å². The van der Waals surface area contributed by atoms with Crippen molar-refractivity contribution in [3.63, 3.8) is 0 Å². The monoisotopic (exact) mass is 209 g/mol. The summed E-state index contributed by atoms with van der Waals surface area (Å²) in [5, 5.41) is 2.44. The number of Topliss-reactive ketones (excluding diaryl/α,β-unsaturated/α-hetero) is 1. The molecule has 1 rings (SSSR count). The first-order valence-corrected chi connectivity index (χ1v) is 4.65. The molecule has 0 heterocycles. The second-order valence-electron chi connectivity index (χ2n) is 3.15. The number of anilines is 1. The van der Waals surface area contributed by atoms with Gasteiger partial charge in [0, 0.05) is 19.0 Å². The maximum Gasteiger partial charge on any atom is 0.221 e. The Morgan fingerprint density at radius 2 is 2.07 bits per heavy atom. The highest BCUT2D eigenvalue weighted by atomic mass is 19.1. The van der Waals surface area contributed by atoms with Crippen molar-refractivity contribution >= 4 is 17.4 Å². The maximum atomic E-state index is 13.4. The molecule has 4 heteroatoms. The third kappa shape index (κ3) is 2.87. The number of amides is 1. The number of nitrogens with one attached hydrogen (secondary N) is 1. The number of ketones is 1. The van der Waals surface area contributed by atoms with Crippen LogP contribution in [-0.2, 0) is 4.79 Å². The molecule has 3 nitrogen and oxygen atoms in total. The summed E-state index contributed by atoms with van der Waals surface area (Å²) in [5.41, 5.74) is 0.416. The van der Waals surface area contributed by atoms with E-state index >= 15 is 0 Å². The third-order valence-corrected chi connectivity index (χ3v) is 1.91. The number of hydrogen-bond acceptors (Lipinski definition) is 2. The van der Waals surface area contributed by atoms with E-state index in [-0.39, 0.29) is 23.7 Å². The second kappa shape index (κ2) is 4.68. The van der Waals surface area contributed by atoms with Crippen LogP contribution in [0.1, 0.15) is 30.6 Å². The summed E-state index contributed by atoms with van der Waals surface area (Å²) in [6.07, 6.45) is 0.260. The van der Waals surface area contributed by atoms with E-state index in [1.165, 1.54) is 19.1 Å². The Morgan fingerprint density at radius 3 is 2.53 bits per heavy atom. The topological polar surface area (TPSA) is 46.2 Å². The van der Waals surface area contributed by atoms with Gasteiger partial charge >= 0.3 is 0 Å². The molecule has 1 aromatic carbocycles. The number of carbonyl (C=O) groups is 2. The molecule has 0 atom stereocenters. The number of hydrogen-bond donors (Lipinski definition) is 1. The molecule has 0 aliphatic heterocycles. The summed E-state index contributed by atoms with van der Waals surface area (Å²) in [4.78, 5) is 21.9. The lowest BCUT2D eigenvalue weighted by Gasteiger charge is -2.04. The van der Waals surface area contributed by atoms with E-state index in [4.69, 9.17) is 0 Å². The molecule has 0 radical (unpaired) electrons. The van der Waals surface area contributed by atoms with Crippen molar-refractivity contribution in [2.45, 2.75) is 20.3 Å². The van der Waals surface area contributed by atoms with E-state index < -0.39 is 5.82 Å². The minimum atomic E-state index is -0.604. The van der Waals surface area contributed by atoms with E-state index in [0.29, 0.717) is 5.69 Å². The molecule has 0 unspecified atom stereocenters. The molecule has 80 valence electrons. The van der Waals surface area contributed by atoms with Crippen LogP contribution in [0.15, 0.2) is 18.2 Å². The second-order valence-corrected chi connectivity index (χ2v) is 3.15. The predicted molar refractivity (Wildman–Crippen MR) is 55.3 cm³/mol. The molecule has 0 spiro atoms. The van der Waals surface area contributed by atoms with E-state index in [9.17, 15) is 14.0 Å². The molecule has 0 bridgehead atoms. The molecule has 1 aromatic rings. The lowest BCUT2D eigenvalue weighted by Crippen LogP contribution is -2.07. The van der Waals surface area contributed by atoms with Crippen molar-refractivity contribution in [3.8, 4) is 0 Å². The molecule has 0 aliphatic rings. The fourth-order valence-corrected chi connectivity index (χ4v) is 1.21. The van der Waals surface area contributed by atoms with Crippen LogP contribution in [0.2, 0.25) is 0 Å². The van der Waals surface area contributed by atoms with E-state index in [0.717, 1.165) is 6.07 Å². The van der Waals surface area contributed by atoms with Crippen LogP contribution in [0.5, 0.6) is 0 Å². The van der Waals surface area contributed by atoms with E-state index in [1.54, 1.807) is 6.92 Å². The normalized spacial score (nSPS) is 9.80. The van der Waals surface area contributed by atoms with Crippen molar-refractivity contribution in [2.75, 3.05) is 5.32 Å². The minimum absolute atomic E-state index is 0.0617. The molecule has 0 fully saturated rings. The lowest BCUT2D eigenvalue weighted by atomic mass is 10.1. The Morgan fingerprint density at radius 1 is 1.40 bits per heavy atom. The van der Waals surface area contributed by atoms with Gasteiger partial charge in [-0.25, -0.2) is 4.39 Å². The van der Waals surface area contributed by atoms with Crippen molar-refractivity contribution in [1.82, 2.24) is 0 Å². The molecular formula is C11H12FNO2. The summed E-state index contributed by atoms with van der Waals surface area (Å²) < 4.78 is 13.4. The zero-order chi connectivity index (χ0) is 11.4. The zero-order valence-corrected chi connectivity index (χ0v) is 8.63. The summed E-state index contributed by atoms with van der Waals surface area (Å²) in [6.45, 7) is 3.01. The molecule has 0 saturated heterocycles. The summed E-state index contributed by atoms with van der Waals surface area (Å²) in [5.74, 6) is -1.13.